The molecule has 3 aromatic rings. The molecule has 0 atom stereocenters. The smallest absolute Gasteiger partial charge is 0.155 e. The lowest BCUT2D eigenvalue weighted by Gasteiger charge is -2.06. The Kier molecular flexibility index (Phi) is 4.07. The second-order valence-electron chi connectivity index (χ2n) is 4.36. The first kappa shape index (κ1) is 13.5. The van der Waals surface area contributed by atoms with Crippen LogP contribution < -0.4 is 4.74 Å². The number of hydrogen-bond acceptors (Lipinski definition) is 5. The van der Waals surface area contributed by atoms with E-state index in [9.17, 15) is 0 Å². The van der Waals surface area contributed by atoms with Crippen molar-refractivity contribution in [3.8, 4) is 5.75 Å². The lowest BCUT2D eigenvalue weighted by Crippen LogP contribution is -2.03. The summed E-state index contributed by atoms with van der Waals surface area (Å²) in [4.78, 5) is 4.39. The standard InChI is InChI=1S/C14H12ClN5O/c15-14-6-13(8-17-19-14)21-10-11-2-3-12(16-7-11)9-20-5-1-4-18-20/h1-8H,9-10H2. The Morgan fingerprint density at radius 3 is 2.90 bits per heavy atom. The van der Waals surface area contributed by atoms with Gasteiger partial charge in [-0.25, -0.2) is 0 Å². The summed E-state index contributed by atoms with van der Waals surface area (Å²) in [6.07, 6.45) is 6.95. The van der Waals surface area contributed by atoms with Crippen LogP contribution in [0.1, 0.15) is 11.3 Å². The number of hydrogen-bond donors (Lipinski definition) is 0. The van der Waals surface area contributed by atoms with Crippen molar-refractivity contribution in [3.63, 3.8) is 0 Å². The quantitative estimate of drug-likeness (QED) is 0.723. The van der Waals surface area contributed by atoms with Crippen LogP contribution in [0.3, 0.4) is 0 Å². The molecule has 3 rings (SSSR count). The summed E-state index contributed by atoms with van der Waals surface area (Å²) < 4.78 is 7.40. The van der Waals surface area contributed by atoms with Crippen molar-refractivity contribution in [3.05, 3.63) is 65.5 Å². The van der Waals surface area contributed by atoms with Crippen LogP contribution in [0, 0.1) is 0 Å². The zero-order valence-electron chi connectivity index (χ0n) is 11.1. The molecular formula is C14H12ClN5O. The fourth-order valence-electron chi connectivity index (χ4n) is 1.76. The van der Waals surface area contributed by atoms with Crippen LogP contribution in [0.2, 0.25) is 5.15 Å². The van der Waals surface area contributed by atoms with Gasteiger partial charge in [0.2, 0.25) is 0 Å². The average Bonchev–Trinajstić information content (AvgIpc) is 3.00. The zero-order valence-corrected chi connectivity index (χ0v) is 11.8. The minimum Gasteiger partial charge on any atom is -0.487 e. The summed E-state index contributed by atoms with van der Waals surface area (Å²) >= 11 is 5.74. The summed E-state index contributed by atoms with van der Waals surface area (Å²) in [6.45, 7) is 1.05. The molecule has 106 valence electrons. The minimum atomic E-state index is 0.306. The van der Waals surface area contributed by atoms with Gasteiger partial charge in [0.25, 0.3) is 0 Å². The highest BCUT2D eigenvalue weighted by molar-refractivity contribution is 6.29. The largest absolute Gasteiger partial charge is 0.487 e. The SMILES string of the molecule is Clc1cc(OCc2ccc(Cn3cccn3)nc2)cnn1. The molecule has 7 heteroatoms. The molecule has 0 aliphatic carbocycles. The fraction of sp³-hybridized carbons (Fsp3) is 0.143. The molecule has 0 aromatic carbocycles. The third-order valence-electron chi connectivity index (χ3n) is 2.77. The fourth-order valence-corrected chi connectivity index (χ4v) is 1.92. The molecule has 0 aliphatic heterocycles. The predicted octanol–water partition coefficient (Wildman–Crippen LogP) is 2.35. The molecule has 0 radical (unpaired) electrons. The van der Waals surface area contributed by atoms with Crippen LogP contribution in [0.15, 0.2) is 49.1 Å². The monoisotopic (exact) mass is 301 g/mol. The number of pyridine rings is 1. The number of rotatable bonds is 5. The van der Waals surface area contributed by atoms with Crippen molar-refractivity contribution < 1.29 is 4.74 Å². The Morgan fingerprint density at radius 1 is 1.24 bits per heavy atom. The van der Waals surface area contributed by atoms with E-state index in [1.165, 1.54) is 6.20 Å². The van der Waals surface area contributed by atoms with E-state index < -0.39 is 0 Å². The molecule has 3 heterocycles. The van der Waals surface area contributed by atoms with Crippen molar-refractivity contribution in [2.45, 2.75) is 13.2 Å². The summed E-state index contributed by atoms with van der Waals surface area (Å²) in [7, 11) is 0. The van der Waals surface area contributed by atoms with E-state index in [2.05, 4.69) is 20.3 Å². The first-order valence-electron chi connectivity index (χ1n) is 6.32. The van der Waals surface area contributed by atoms with Gasteiger partial charge in [-0.1, -0.05) is 17.7 Å². The van der Waals surface area contributed by atoms with Crippen molar-refractivity contribution in [1.82, 2.24) is 25.0 Å². The van der Waals surface area contributed by atoms with Gasteiger partial charge < -0.3 is 4.74 Å². The van der Waals surface area contributed by atoms with E-state index in [4.69, 9.17) is 16.3 Å². The molecule has 0 amide bonds. The molecule has 0 unspecified atom stereocenters. The van der Waals surface area contributed by atoms with Gasteiger partial charge in [0, 0.05) is 30.2 Å². The van der Waals surface area contributed by atoms with E-state index in [0.29, 0.717) is 24.1 Å². The molecule has 0 spiro atoms. The van der Waals surface area contributed by atoms with Crippen molar-refractivity contribution in [1.29, 1.82) is 0 Å². The maximum Gasteiger partial charge on any atom is 0.155 e. The lowest BCUT2D eigenvalue weighted by molar-refractivity contribution is 0.303. The molecule has 21 heavy (non-hydrogen) atoms. The van der Waals surface area contributed by atoms with Gasteiger partial charge in [-0.15, -0.1) is 5.10 Å². The summed E-state index contributed by atoms with van der Waals surface area (Å²) in [5, 5.41) is 11.8. The van der Waals surface area contributed by atoms with Gasteiger partial charge in [-0.3, -0.25) is 9.67 Å². The third kappa shape index (κ3) is 3.76. The van der Waals surface area contributed by atoms with E-state index in [1.807, 2.05) is 29.1 Å². The van der Waals surface area contributed by atoms with E-state index in [0.717, 1.165) is 11.3 Å². The van der Waals surface area contributed by atoms with Gasteiger partial charge in [0.15, 0.2) is 5.15 Å². The maximum absolute atomic E-state index is 5.74. The van der Waals surface area contributed by atoms with Crippen LogP contribution in [-0.4, -0.2) is 25.0 Å². The van der Waals surface area contributed by atoms with Crippen LogP contribution in [0.4, 0.5) is 0 Å². The van der Waals surface area contributed by atoms with Gasteiger partial charge in [-0.05, 0) is 12.1 Å². The van der Waals surface area contributed by atoms with E-state index in [-0.39, 0.29) is 0 Å². The molecular weight excluding hydrogens is 290 g/mol. The highest BCUT2D eigenvalue weighted by Gasteiger charge is 2.01. The highest BCUT2D eigenvalue weighted by Crippen LogP contribution is 2.14. The average molecular weight is 302 g/mol. The van der Waals surface area contributed by atoms with Crippen molar-refractivity contribution >= 4 is 11.6 Å². The Hall–Kier alpha value is -2.47. The normalized spacial score (nSPS) is 10.5. The van der Waals surface area contributed by atoms with Crippen molar-refractivity contribution in [2.24, 2.45) is 0 Å². The molecule has 3 aromatic heterocycles. The minimum absolute atomic E-state index is 0.306. The Bertz CT molecular complexity index is 700. The Morgan fingerprint density at radius 2 is 2.19 bits per heavy atom. The molecule has 0 aliphatic rings. The molecule has 6 nitrogen and oxygen atoms in total. The molecule has 0 saturated carbocycles. The van der Waals surface area contributed by atoms with Crippen LogP contribution in [-0.2, 0) is 13.2 Å². The Labute approximate surface area is 126 Å². The van der Waals surface area contributed by atoms with E-state index in [1.54, 1.807) is 18.5 Å². The predicted molar refractivity (Wildman–Crippen MR) is 76.9 cm³/mol. The van der Waals surface area contributed by atoms with Gasteiger partial charge in [-0.2, -0.15) is 10.2 Å². The van der Waals surface area contributed by atoms with Crippen molar-refractivity contribution in [2.75, 3.05) is 0 Å². The highest BCUT2D eigenvalue weighted by atomic mass is 35.5. The lowest BCUT2D eigenvalue weighted by atomic mass is 10.2. The molecule has 0 bridgehead atoms. The van der Waals surface area contributed by atoms with Gasteiger partial charge >= 0.3 is 0 Å². The first-order chi connectivity index (χ1) is 10.3. The number of nitrogens with zero attached hydrogens (tertiary/aromatic N) is 5. The number of halogens is 1. The topological polar surface area (TPSA) is 65.7 Å². The molecule has 0 N–H and O–H groups in total. The summed E-state index contributed by atoms with van der Waals surface area (Å²) in [6, 6.07) is 7.43. The van der Waals surface area contributed by atoms with Crippen LogP contribution in [0.5, 0.6) is 5.75 Å². The summed E-state index contributed by atoms with van der Waals surface area (Å²) in [5.41, 5.74) is 1.91. The zero-order chi connectivity index (χ0) is 14.5. The first-order valence-corrected chi connectivity index (χ1v) is 6.70. The maximum atomic E-state index is 5.74. The van der Waals surface area contributed by atoms with Gasteiger partial charge in [0.1, 0.15) is 12.4 Å². The summed E-state index contributed by atoms with van der Waals surface area (Å²) in [5.74, 6) is 0.579. The second-order valence-corrected chi connectivity index (χ2v) is 4.75. The van der Waals surface area contributed by atoms with E-state index >= 15 is 0 Å². The number of aromatic nitrogens is 5. The third-order valence-corrected chi connectivity index (χ3v) is 2.96. The Balaban J connectivity index is 1.59. The van der Waals surface area contributed by atoms with Gasteiger partial charge in [0.05, 0.1) is 18.4 Å². The second kappa shape index (κ2) is 6.32. The van der Waals surface area contributed by atoms with Crippen LogP contribution in [0.25, 0.3) is 0 Å². The molecule has 0 fully saturated rings. The molecule has 0 saturated heterocycles. The van der Waals surface area contributed by atoms with Crippen LogP contribution >= 0.6 is 11.6 Å². The number of ether oxygens (including phenoxy) is 1.